The predicted octanol–water partition coefficient (Wildman–Crippen LogP) is 3.18. The van der Waals surface area contributed by atoms with Gasteiger partial charge in [-0.2, -0.15) is 0 Å². The maximum absolute atomic E-state index is 4.69. The van der Waals surface area contributed by atoms with Crippen molar-refractivity contribution in [3.63, 3.8) is 0 Å². The van der Waals surface area contributed by atoms with Crippen molar-refractivity contribution >= 4 is 0 Å². The Labute approximate surface area is 70.8 Å². The molecule has 0 unspecified atom stereocenters. The van der Waals surface area contributed by atoms with Gasteiger partial charge in [0.1, 0.15) is 0 Å². The summed E-state index contributed by atoms with van der Waals surface area (Å²) >= 11 is 0. The van der Waals surface area contributed by atoms with Crippen LogP contribution in [0, 0.1) is 0 Å². The number of ether oxygens (including phenoxy) is 1. The molecule has 0 aromatic heterocycles. The van der Waals surface area contributed by atoms with Crippen LogP contribution in [-0.2, 0) is 4.74 Å². The molecule has 0 fully saturated rings. The van der Waals surface area contributed by atoms with Crippen molar-refractivity contribution < 1.29 is 4.74 Å². The van der Waals surface area contributed by atoms with Gasteiger partial charge in [0.05, 0.1) is 0 Å². The molecule has 0 heterocycles. The van der Waals surface area contributed by atoms with Crippen LogP contribution in [0.5, 0.6) is 0 Å². The van der Waals surface area contributed by atoms with E-state index in [-0.39, 0.29) is 0 Å². The fourth-order valence-corrected chi connectivity index (χ4v) is 0.440. The van der Waals surface area contributed by atoms with Crippen molar-refractivity contribution in [2.45, 2.75) is 26.2 Å². The maximum atomic E-state index is 4.69. The average molecular weight is 156 g/mol. The molecule has 0 aliphatic carbocycles. The van der Waals surface area contributed by atoms with E-state index < -0.39 is 0 Å². The molecule has 0 saturated heterocycles. The molecule has 66 valence electrons. The molecule has 0 aliphatic rings. The Morgan fingerprint density at radius 2 is 1.64 bits per heavy atom. The first-order chi connectivity index (χ1) is 5.33. The summed E-state index contributed by atoms with van der Waals surface area (Å²) in [5.41, 5.74) is 0. The smallest absolute Gasteiger partial charge is 0.0459 e. The Bertz CT molecular complexity index is 66.9. The third-order valence-electron chi connectivity index (χ3n) is 0.983. The minimum Gasteiger partial charge on any atom is -0.385 e. The van der Waals surface area contributed by atoms with Crippen molar-refractivity contribution in [1.82, 2.24) is 0 Å². The molecule has 11 heavy (non-hydrogen) atoms. The third kappa shape index (κ3) is 26.5. The van der Waals surface area contributed by atoms with Gasteiger partial charge in [-0.05, 0) is 19.3 Å². The molecule has 1 heteroatoms. The molecule has 0 aliphatic heterocycles. The van der Waals surface area contributed by atoms with Crippen LogP contribution in [-0.4, -0.2) is 13.7 Å². The topological polar surface area (TPSA) is 9.23 Å². The highest BCUT2D eigenvalue weighted by molar-refractivity contribution is 4.74. The van der Waals surface area contributed by atoms with E-state index in [1.54, 1.807) is 7.11 Å². The Balaban J connectivity index is 0. The van der Waals surface area contributed by atoms with Gasteiger partial charge in [-0.1, -0.05) is 19.1 Å². The van der Waals surface area contributed by atoms with Gasteiger partial charge in [0.25, 0.3) is 0 Å². The molecular weight excluding hydrogens is 136 g/mol. The first kappa shape index (κ1) is 13.1. The lowest BCUT2D eigenvalue weighted by Gasteiger charge is -1.84. The zero-order valence-corrected chi connectivity index (χ0v) is 7.81. The van der Waals surface area contributed by atoms with Crippen molar-refractivity contribution in [2.75, 3.05) is 13.7 Å². The van der Waals surface area contributed by atoms with Crippen LogP contribution in [0.4, 0.5) is 0 Å². The van der Waals surface area contributed by atoms with Crippen LogP contribution in [0.3, 0.4) is 0 Å². The molecule has 1 nitrogen and oxygen atoms in total. The third-order valence-corrected chi connectivity index (χ3v) is 0.983. The average Bonchev–Trinajstić information content (AvgIpc) is 2.04. The lowest BCUT2D eigenvalue weighted by molar-refractivity contribution is 0.199. The Kier molecular flexibility index (Phi) is 19.3. The van der Waals surface area contributed by atoms with Gasteiger partial charge in [-0.25, -0.2) is 0 Å². The Hall–Kier alpha value is -0.560. The first-order valence-electron chi connectivity index (χ1n) is 4.04. The normalized spacial score (nSPS) is 7.82. The van der Waals surface area contributed by atoms with Crippen LogP contribution < -0.4 is 0 Å². The van der Waals surface area contributed by atoms with Crippen LogP contribution in [0.1, 0.15) is 26.2 Å². The number of hydrogen-bond acceptors (Lipinski definition) is 1. The molecule has 0 aromatic rings. The van der Waals surface area contributed by atoms with Gasteiger partial charge < -0.3 is 4.74 Å². The standard InChI is InChI=1S/C6H10.C4H10O/c1-3-5-6-4-2;1-3-4-5-2/h3-4H,1-2,5-6H2;3-4H2,1-2H3. The molecule has 0 spiro atoms. The van der Waals surface area contributed by atoms with Crippen LogP contribution in [0.15, 0.2) is 25.3 Å². The highest BCUT2D eigenvalue weighted by Gasteiger charge is 1.66. The summed E-state index contributed by atoms with van der Waals surface area (Å²) in [5, 5.41) is 0. The van der Waals surface area contributed by atoms with Crippen molar-refractivity contribution in [1.29, 1.82) is 0 Å². The minimum absolute atomic E-state index is 0.889. The van der Waals surface area contributed by atoms with E-state index >= 15 is 0 Å². The van der Waals surface area contributed by atoms with E-state index in [0.29, 0.717) is 0 Å². The number of unbranched alkanes of at least 4 members (excludes halogenated alkanes) is 1. The van der Waals surface area contributed by atoms with Crippen molar-refractivity contribution in [2.24, 2.45) is 0 Å². The highest BCUT2D eigenvalue weighted by atomic mass is 16.5. The van der Waals surface area contributed by atoms with Crippen molar-refractivity contribution in [3.05, 3.63) is 25.3 Å². The van der Waals surface area contributed by atoms with Gasteiger partial charge in [-0.15, -0.1) is 13.2 Å². The highest BCUT2D eigenvalue weighted by Crippen LogP contribution is 1.86. The van der Waals surface area contributed by atoms with E-state index in [0.717, 1.165) is 25.9 Å². The van der Waals surface area contributed by atoms with Crippen molar-refractivity contribution in [3.8, 4) is 0 Å². The van der Waals surface area contributed by atoms with Gasteiger partial charge in [0.2, 0.25) is 0 Å². The van der Waals surface area contributed by atoms with E-state index in [1.807, 2.05) is 12.2 Å². The van der Waals surface area contributed by atoms with E-state index in [4.69, 9.17) is 4.74 Å². The molecule has 0 radical (unpaired) electrons. The van der Waals surface area contributed by atoms with Gasteiger partial charge in [-0.3, -0.25) is 0 Å². The second-order valence-corrected chi connectivity index (χ2v) is 2.15. The van der Waals surface area contributed by atoms with Gasteiger partial charge in [0, 0.05) is 13.7 Å². The SMILES string of the molecule is C=CCCC=C.CCCOC. The fourth-order valence-electron chi connectivity index (χ4n) is 0.440. The van der Waals surface area contributed by atoms with Crippen LogP contribution in [0.25, 0.3) is 0 Å². The van der Waals surface area contributed by atoms with E-state index in [9.17, 15) is 0 Å². The fraction of sp³-hybridized carbons (Fsp3) is 0.600. The largest absolute Gasteiger partial charge is 0.385 e. The zero-order valence-electron chi connectivity index (χ0n) is 7.81. The Morgan fingerprint density at radius 1 is 1.18 bits per heavy atom. The predicted molar refractivity (Wildman–Crippen MR) is 51.8 cm³/mol. The van der Waals surface area contributed by atoms with Crippen LogP contribution >= 0.6 is 0 Å². The minimum atomic E-state index is 0.889. The van der Waals surface area contributed by atoms with Gasteiger partial charge in [0.15, 0.2) is 0 Å². The summed E-state index contributed by atoms with van der Waals surface area (Å²) in [5.74, 6) is 0. The lowest BCUT2D eigenvalue weighted by atomic mass is 10.3. The molecular formula is C10H20O. The molecule has 0 rings (SSSR count). The number of hydrogen-bond donors (Lipinski definition) is 0. The number of methoxy groups -OCH3 is 1. The summed E-state index contributed by atoms with van der Waals surface area (Å²) in [6, 6.07) is 0. The number of allylic oxidation sites excluding steroid dienone is 2. The molecule has 0 atom stereocenters. The molecule has 0 N–H and O–H groups in total. The van der Waals surface area contributed by atoms with Gasteiger partial charge >= 0.3 is 0 Å². The summed E-state index contributed by atoms with van der Waals surface area (Å²) in [4.78, 5) is 0. The van der Waals surface area contributed by atoms with E-state index in [2.05, 4.69) is 20.1 Å². The zero-order chi connectivity index (χ0) is 8.95. The van der Waals surface area contributed by atoms with E-state index in [1.165, 1.54) is 0 Å². The Morgan fingerprint density at radius 3 is 1.73 bits per heavy atom. The molecule has 0 aromatic carbocycles. The molecule has 0 amide bonds. The second kappa shape index (κ2) is 16.2. The molecule has 0 bridgehead atoms. The summed E-state index contributed by atoms with van der Waals surface area (Å²) < 4.78 is 4.69. The monoisotopic (exact) mass is 156 g/mol. The van der Waals surface area contributed by atoms with Crippen LogP contribution in [0.2, 0.25) is 0 Å². The quantitative estimate of drug-likeness (QED) is 0.439. The summed E-state index contributed by atoms with van der Waals surface area (Å²) in [7, 11) is 1.71. The first-order valence-corrected chi connectivity index (χ1v) is 4.04. The maximum Gasteiger partial charge on any atom is 0.0459 e. The number of rotatable bonds is 5. The lowest BCUT2D eigenvalue weighted by Crippen LogP contribution is -1.80. The summed E-state index contributed by atoms with van der Waals surface area (Å²) in [6.45, 7) is 10.1. The molecule has 0 saturated carbocycles. The summed E-state index contributed by atoms with van der Waals surface area (Å²) in [6.07, 6.45) is 7.02. The second-order valence-electron chi connectivity index (χ2n) is 2.15.